The van der Waals surface area contributed by atoms with Crippen molar-refractivity contribution in [2.24, 2.45) is 5.92 Å². The molecule has 0 aliphatic heterocycles. The number of esters is 1. The van der Waals surface area contributed by atoms with E-state index in [2.05, 4.69) is 5.32 Å². The monoisotopic (exact) mass is 305 g/mol. The molecule has 122 valence electrons. The quantitative estimate of drug-likeness (QED) is 0.751. The van der Waals surface area contributed by atoms with Gasteiger partial charge in [-0.1, -0.05) is 44.2 Å². The molecule has 0 aliphatic rings. The number of hydrogen-bond acceptors (Lipinski definition) is 3. The first-order valence-corrected chi connectivity index (χ1v) is 7.89. The van der Waals surface area contributed by atoms with Gasteiger partial charge in [-0.25, -0.2) is 4.79 Å². The maximum atomic E-state index is 12.5. The van der Waals surface area contributed by atoms with Crippen LogP contribution >= 0.6 is 0 Å². The fourth-order valence-electron chi connectivity index (χ4n) is 2.76. The molecular weight excluding hydrogens is 278 g/mol. The van der Waals surface area contributed by atoms with Crippen molar-refractivity contribution in [2.75, 3.05) is 6.61 Å². The molecule has 0 radical (unpaired) electrons. The van der Waals surface area contributed by atoms with E-state index < -0.39 is 5.54 Å². The summed E-state index contributed by atoms with van der Waals surface area (Å²) in [4.78, 5) is 24.2. The molecule has 1 aromatic carbocycles. The molecule has 0 spiro atoms. The van der Waals surface area contributed by atoms with Crippen LogP contribution in [-0.2, 0) is 20.7 Å². The van der Waals surface area contributed by atoms with Crippen LogP contribution in [0.2, 0.25) is 0 Å². The summed E-state index contributed by atoms with van der Waals surface area (Å²) in [5, 5.41) is 2.87. The number of rotatable bonds is 8. The Morgan fingerprint density at radius 2 is 1.86 bits per heavy atom. The highest BCUT2D eigenvalue weighted by molar-refractivity contribution is 5.87. The predicted octanol–water partition coefficient (Wildman–Crippen LogP) is 3.10. The van der Waals surface area contributed by atoms with Crippen LogP contribution in [0.15, 0.2) is 30.3 Å². The molecule has 0 saturated carbocycles. The number of carbonyl (C=O) groups excluding carboxylic acids is 2. The van der Waals surface area contributed by atoms with Gasteiger partial charge >= 0.3 is 5.97 Å². The first-order chi connectivity index (χ1) is 10.4. The van der Waals surface area contributed by atoms with Crippen LogP contribution in [0.1, 0.15) is 46.1 Å². The van der Waals surface area contributed by atoms with Gasteiger partial charge in [0.05, 0.1) is 6.61 Å². The molecule has 0 fully saturated rings. The minimum atomic E-state index is -0.953. The van der Waals surface area contributed by atoms with Gasteiger partial charge in [-0.15, -0.1) is 0 Å². The summed E-state index contributed by atoms with van der Waals surface area (Å²) in [5.74, 6) is -0.274. The van der Waals surface area contributed by atoms with Crippen LogP contribution in [0.25, 0.3) is 0 Å². The standard InChI is InChI=1S/C18H27NO3/c1-5-22-17(21)18(13-14(2)3,19-15(4)20)12-11-16-9-7-6-8-10-16/h6-10,14H,5,11-13H2,1-4H3,(H,19,20). The Bertz CT molecular complexity index is 484. The lowest BCUT2D eigenvalue weighted by Gasteiger charge is -2.33. The highest BCUT2D eigenvalue weighted by atomic mass is 16.5. The summed E-state index contributed by atoms with van der Waals surface area (Å²) < 4.78 is 5.24. The van der Waals surface area contributed by atoms with Gasteiger partial charge in [0.1, 0.15) is 5.54 Å². The van der Waals surface area contributed by atoms with E-state index in [9.17, 15) is 9.59 Å². The van der Waals surface area contributed by atoms with Gasteiger partial charge in [-0.3, -0.25) is 4.79 Å². The molecule has 0 bridgehead atoms. The highest BCUT2D eigenvalue weighted by Crippen LogP contribution is 2.25. The van der Waals surface area contributed by atoms with Crippen molar-refractivity contribution in [2.45, 2.75) is 52.5 Å². The molecule has 1 N–H and O–H groups in total. The Hall–Kier alpha value is -1.84. The van der Waals surface area contributed by atoms with Crippen LogP contribution in [-0.4, -0.2) is 24.0 Å². The first kappa shape index (κ1) is 18.2. The largest absolute Gasteiger partial charge is 0.464 e. The van der Waals surface area contributed by atoms with E-state index in [0.717, 1.165) is 5.56 Å². The second-order valence-corrected chi connectivity index (χ2v) is 6.07. The summed E-state index contributed by atoms with van der Waals surface area (Å²) in [7, 11) is 0. The Balaban J connectivity index is 2.99. The van der Waals surface area contributed by atoms with E-state index in [0.29, 0.717) is 25.9 Å². The van der Waals surface area contributed by atoms with Gasteiger partial charge in [0.15, 0.2) is 0 Å². The van der Waals surface area contributed by atoms with Gasteiger partial charge < -0.3 is 10.1 Å². The number of hydrogen-bond donors (Lipinski definition) is 1. The van der Waals surface area contributed by atoms with E-state index in [1.807, 2.05) is 44.2 Å². The van der Waals surface area contributed by atoms with Crippen LogP contribution in [0.5, 0.6) is 0 Å². The average Bonchev–Trinajstić information content (AvgIpc) is 2.45. The number of nitrogens with one attached hydrogen (secondary N) is 1. The third kappa shape index (κ3) is 5.51. The Morgan fingerprint density at radius 1 is 1.23 bits per heavy atom. The maximum Gasteiger partial charge on any atom is 0.331 e. The topological polar surface area (TPSA) is 55.4 Å². The van der Waals surface area contributed by atoms with Crippen molar-refractivity contribution < 1.29 is 14.3 Å². The number of benzene rings is 1. The van der Waals surface area contributed by atoms with E-state index in [1.165, 1.54) is 6.92 Å². The Morgan fingerprint density at radius 3 is 2.36 bits per heavy atom. The number of aryl methyl sites for hydroxylation is 1. The van der Waals surface area contributed by atoms with Crippen LogP contribution in [0.3, 0.4) is 0 Å². The molecule has 1 unspecified atom stereocenters. The Kier molecular flexibility index (Phi) is 7.09. The zero-order chi connectivity index (χ0) is 16.6. The molecule has 1 atom stereocenters. The average molecular weight is 305 g/mol. The summed E-state index contributed by atoms with van der Waals surface area (Å²) in [6, 6.07) is 9.96. The maximum absolute atomic E-state index is 12.5. The summed E-state index contributed by atoms with van der Waals surface area (Å²) in [6.07, 6.45) is 1.82. The summed E-state index contributed by atoms with van der Waals surface area (Å²) >= 11 is 0. The molecule has 0 heterocycles. The molecule has 1 rings (SSSR count). The van der Waals surface area contributed by atoms with Crippen molar-refractivity contribution in [1.82, 2.24) is 5.32 Å². The van der Waals surface area contributed by atoms with Gasteiger partial charge in [-0.2, -0.15) is 0 Å². The van der Waals surface area contributed by atoms with Gasteiger partial charge in [-0.05, 0) is 37.7 Å². The van der Waals surface area contributed by atoms with Gasteiger partial charge in [0, 0.05) is 6.92 Å². The first-order valence-electron chi connectivity index (χ1n) is 7.89. The molecule has 0 aromatic heterocycles. The second kappa shape index (κ2) is 8.57. The minimum absolute atomic E-state index is 0.207. The molecular formula is C18H27NO3. The van der Waals surface area contributed by atoms with Gasteiger partial charge in [0.2, 0.25) is 5.91 Å². The molecule has 4 nitrogen and oxygen atoms in total. The molecule has 0 aliphatic carbocycles. The SMILES string of the molecule is CCOC(=O)C(CCc1ccccc1)(CC(C)C)NC(C)=O. The predicted molar refractivity (Wildman–Crippen MR) is 87.4 cm³/mol. The van der Waals surface area contributed by atoms with Crippen LogP contribution in [0.4, 0.5) is 0 Å². The summed E-state index contributed by atoms with van der Waals surface area (Å²) in [5.41, 5.74) is 0.191. The van der Waals surface area contributed by atoms with E-state index in [4.69, 9.17) is 4.74 Å². The fraction of sp³-hybridized carbons (Fsp3) is 0.556. The van der Waals surface area contributed by atoms with E-state index >= 15 is 0 Å². The smallest absolute Gasteiger partial charge is 0.331 e. The molecule has 4 heteroatoms. The van der Waals surface area contributed by atoms with Crippen molar-refractivity contribution in [3.63, 3.8) is 0 Å². The third-order valence-corrected chi connectivity index (χ3v) is 3.52. The second-order valence-electron chi connectivity index (χ2n) is 6.07. The van der Waals surface area contributed by atoms with Crippen molar-refractivity contribution >= 4 is 11.9 Å². The van der Waals surface area contributed by atoms with Crippen molar-refractivity contribution in [3.8, 4) is 0 Å². The molecule has 0 saturated heterocycles. The third-order valence-electron chi connectivity index (χ3n) is 3.52. The lowest BCUT2D eigenvalue weighted by molar-refractivity contribution is -0.154. The number of amides is 1. The fourth-order valence-corrected chi connectivity index (χ4v) is 2.76. The number of ether oxygens (including phenoxy) is 1. The van der Waals surface area contributed by atoms with Gasteiger partial charge in [0.25, 0.3) is 0 Å². The van der Waals surface area contributed by atoms with E-state index in [-0.39, 0.29) is 17.8 Å². The zero-order valence-electron chi connectivity index (χ0n) is 14.0. The summed E-state index contributed by atoms with van der Waals surface area (Å²) in [6.45, 7) is 7.61. The molecule has 1 amide bonds. The minimum Gasteiger partial charge on any atom is -0.464 e. The van der Waals surface area contributed by atoms with Crippen molar-refractivity contribution in [1.29, 1.82) is 0 Å². The Labute approximate surface area is 133 Å². The lowest BCUT2D eigenvalue weighted by Crippen LogP contribution is -2.55. The molecule has 1 aromatic rings. The van der Waals surface area contributed by atoms with Crippen molar-refractivity contribution in [3.05, 3.63) is 35.9 Å². The van der Waals surface area contributed by atoms with E-state index in [1.54, 1.807) is 6.92 Å². The number of carbonyl (C=O) groups is 2. The lowest BCUT2D eigenvalue weighted by atomic mass is 9.83. The zero-order valence-corrected chi connectivity index (χ0v) is 14.0. The molecule has 22 heavy (non-hydrogen) atoms. The normalized spacial score (nSPS) is 13.5. The van der Waals surface area contributed by atoms with Crippen LogP contribution < -0.4 is 5.32 Å². The highest BCUT2D eigenvalue weighted by Gasteiger charge is 2.40. The van der Waals surface area contributed by atoms with Crippen LogP contribution in [0, 0.1) is 5.92 Å².